The van der Waals surface area contributed by atoms with Crippen molar-refractivity contribution in [3.05, 3.63) is 41.5 Å². The van der Waals surface area contributed by atoms with Crippen LogP contribution in [-0.2, 0) is 0 Å². The number of benzene rings is 1. The SMILES string of the molecule is CC#CCC(C)C(O)/C=C/C1C(O)CC2Oc3c(C(=O)O)cccc3C21. The topological polar surface area (TPSA) is 87.0 Å². The van der Waals surface area contributed by atoms with Crippen LogP contribution in [0.4, 0.5) is 0 Å². The van der Waals surface area contributed by atoms with Crippen molar-refractivity contribution in [2.24, 2.45) is 11.8 Å². The number of hydrogen-bond donors (Lipinski definition) is 3. The third-order valence-corrected chi connectivity index (χ3v) is 5.35. The zero-order valence-corrected chi connectivity index (χ0v) is 14.9. The van der Waals surface area contributed by atoms with Crippen molar-refractivity contribution in [3.8, 4) is 17.6 Å². The maximum atomic E-state index is 11.4. The minimum atomic E-state index is -1.02. The fraction of sp³-hybridized carbons (Fsp3) is 0.476. The maximum Gasteiger partial charge on any atom is 0.339 e. The van der Waals surface area contributed by atoms with E-state index in [4.69, 9.17) is 4.74 Å². The monoisotopic (exact) mass is 356 g/mol. The average Bonchev–Trinajstić information content (AvgIpc) is 3.11. The molecule has 0 spiro atoms. The first-order chi connectivity index (χ1) is 12.4. The first kappa shape index (κ1) is 18.5. The highest BCUT2D eigenvalue weighted by Gasteiger charge is 2.49. The molecule has 1 heterocycles. The number of fused-ring (bicyclic) bond motifs is 3. The van der Waals surface area contributed by atoms with Crippen LogP contribution in [0.25, 0.3) is 0 Å². The van der Waals surface area contributed by atoms with Gasteiger partial charge < -0.3 is 20.1 Å². The molecule has 1 aromatic carbocycles. The number of hydrogen-bond acceptors (Lipinski definition) is 4. The van der Waals surface area contributed by atoms with Crippen LogP contribution in [0.15, 0.2) is 30.4 Å². The second-order valence-electron chi connectivity index (χ2n) is 7.08. The molecule has 0 saturated heterocycles. The van der Waals surface area contributed by atoms with E-state index in [2.05, 4.69) is 11.8 Å². The van der Waals surface area contributed by atoms with Crippen LogP contribution in [0.2, 0.25) is 0 Å². The maximum absolute atomic E-state index is 11.4. The Kier molecular flexibility index (Phi) is 5.36. The van der Waals surface area contributed by atoms with Crippen LogP contribution >= 0.6 is 0 Å². The standard InChI is InChI=1S/C21H24O5/c1-3-4-6-12(2)16(22)10-9-13-17(23)11-18-19(13)14-7-5-8-15(21(24)25)20(14)26-18/h5,7-10,12-13,16-19,22-23H,6,11H2,1-2H3,(H,24,25)/b10-9+. The Hall–Kier alpha value is -2.29. The molecule has 5 nitrogen and oxygen atoms in total. The van der Waals surface area contributed by atoms with Gasteiger partial charge in [-0.3, -0.25) is 0 Å². The van der Waals surface area contributed by atoms with E-state index in [0.717, 1.165) is 5.56 Å². The summed E-state index contributed by atoms with van der Waals surface area (Å²) in [5.41, 5.74) is 0.974. The van der Waals surface area contributed by atoms with E-state index >= 15 is 0 Å². The van der Waals surface area contributed by atoms with Gasteiger partial charge in [-0.15, -0.1) is 11.8 Å². The van der Waals surface area contributed by atoms with Gasteiger partial charge in [-0.1, -0.05) is 31.2 Å². The number of ether oxygens (including phenoxy) is 1. The second kappa shape index (κ2) is 7.53. The lowest BCUT2D eigenvalue weighted by atomic mass is 9.86. The molecule has 138 valence electrons. The number of aliphatic hydroxyl groups excluding tert-OH is 2. The predicted octanol–water partition coefficient (Wildman–Crippen LogP) is 2.58. The fourth-order valence-corrected chi connectivity index (χ4v) is 3.89. The van der Waals surface area contributed by atoms with Crippen LogP contribution in [0.3, 0.4) is 0 Å². The molecular formula is C21H24O5. The summed E-state index contributed by atoms with van der Waals surface area (Å²) in [6, 6.07) is 5.10. The Bertz CT molecular complexity index is 772. The molecule has 1 aliphatic heterocycles. The molecule has 1 saturated carbocycles. The molecule has 6 unspecified atom stereocenters. The van der Waals surface area contributed by atoms with Crippen molar-refractivity contribution < 1.29 is 24.9 Å². The molecule has 6 atom stereocenters. The minimum absolute atomic E-state index is 0.00114. The summed E-state index contributed by atoms with van der Waals surface area (Å²) in [6.45, 7) is 3.70. The molecular weight excluding hydrogens is 332 g/mol. The van der Waals surface area contributed by atoms with Gasteiger partial charge in [-0.2, -0.15) is 0 Å². The number of carboxylic acid groups (broad SMARTS) is 1. The third-order valence-electron chi connectivity index (χ3n) is 5.35. The highest BCUT2D eigenvalue weighted by atomic mass is 16.5. The number of para-hydroxylation sites is 1. The van der Waals surface area contributed by atoms with E-state index in [0.29, 0.717) is 18.6 Å². The molecule has 2 aliphatic rings. The van der Waals surface area contributed by atoms with Gasteiger partial charge >= 0.3 is 5.97 Å². The zero-order valence-electron chi connectivity index (χ0n) is 14.9. The number of carbonyl (C=O) groups is 1. The van der Waals surface area contributed by atoms with Crippen LogP contribution in [0.1, 0.15) is 48.5 Å². The average molecular weight is 356 g/mol. The summed E-state index contributed by atoms with van der Waals surface area (Å²) in [7, 11) is 0. The van der Waals surface area contributed by atoms with Gasteiger partial charge in [0.1, 0.15) is 17.4 Å². The van der Waals surface area contributed by atoms with Crippen molar-refractivity contribution >= 4 is 5.97 Å². The molecule has 0 radical (unpaired) electrons. The van der Waals surface area contributed by atoms with Crippen LogP contribution in [-0.4, -0.2) is 39.6 Å². The summed E-state index contributed by atoms with van der Waals surface area (Å²) in [6.07, 6.45) is 3.15. The lowest BCUT2D eigenvalue weighted by Gasteiger charge is -2.19. The van der Waals surface area contributed by atoms with Gasteiger partial charge in [-0.25, -0.2) is 4.79 Å². The van der Waals surface area contributed by atoms with E-state index in [-0.39, 0.29) is 29.4 Å². The summed E-state index contributed by atoms with van der Waals surface area (Å²) >= 11 is 0. The molecule has 1 fully saturated rings. The second-order valence-corrected chi connectivity index (χ2v) is 7.08. The van der Waals surface area contributed by atoms with Crippen molar-refractivity contribution in [2.45, 2.75) is 50.9 Å². The fourth-order valence-electron chi connectivity index (χ4n) is 3.89. The summed E-state index contributed by atoms with van der Waals surface area (Å²) < 4.78 is 5.88. The van der Waals surface area contributed by atoms with E-state index in [1.54, 1.807) is 19.1 Å². The van der Waals surface area contributed by atoms with Crippen LogP contribution < -0.4 is 4.74 Å². The Balaban J connectivity index is 1.82. The molecule has 1 aliphatic carbocycles. The Labute approximate surface area is 153 Å². The summed E-state index contributed by atoms with van der Waals surface area (Å²) in [4.78, 5) is 11.4. The van der Waals surface area contributed by atoms with Gasteiger partial charge in [0.15, 0.2) is 0 Å². The summed E-state index contributed by atoms with van der Waals surface area (Å²) in [5, 5.41) is 30.1. The van der Waals surface area contributed by atoms with Gasteiger partial charge in [0, 0.05) is 30.2 Å². The smallest absolute Gasteiger partial charge is 0.339 e. The quantitative estimate of drug-likeness (QED) is 0.558. The van der Waals surface area contributed by atoms with Crippen LogP contribution in [0.5, 0.6) is 5.75 Å². The van der Waals surface area contributed by atoms with E-state index in [1.807, 2.05) is 19.1 Å². The highest BCUT2D eigenvalue weighted by Crippen LogP contribution is 2.51. The highest BCUT2D eigenvalue weighted by molar-refractivity contribution is 5.91. The minimum Gasteiger partial charge on any atom is -0.488 e. The van der Waals surface area contributed by atoms with Crippen molar-refractivity contribution in [1.29, 1.82) is 0 Å². The van der Waals surface area contributed by atoms with Gasteiger partial charge in [0.25, 0.3) is 0 Å². The molecule has 0 amide bonds. The zero-order chi connectivity index (χ0) is 18.8. The molecule has 26 heavy (non-hydrogen) atoms. The van der Waals surface area contributed by atoms with E-state index in [9.17, 15) is 20.1 Å². The first-order valence-electron chi connectivity index (χ1n) is 8.91. The lowest BCUT2D eigenvalue weighted by molar-refractivity contribution is 0.0690. The first-order valence-corrected chi connectivity index (χ1v) is 8.91. The Morgan fingerprint density at radius 2 is 2.23 bits per heavy atom. The molecule has 0 bridgehead atoms. The molecule has 3 N–H and O–H groups in total. The van der Waals surface area contributed by atoms with Gasteiger partial charge in [0.2, 0.25) is 0 Å². The largest absolute Gasteiger partial charge is 0.488 e. The Morgan fingerprint density at radius 1 is 1.46 bits per heavy atom. The van der Waals surface area contributed by atoms with Crippen molar-refractivity contribution in [1.82, 2.24) is 0 Å². The number of rotatable bonds is 5. The molecule has 1 aromatic rings. The summed E-state index contributed by atoms with van der Waals surface area (Å²) in [5.74, 6) is 4.86. The lowest BCUT2D eigenvalue weighted by Crippen LogP contribution is -2.19. The van der Waals surface area contributed by atoms with Gasteiger partial charge in [0.05, 0.1) is 12.2 Å². The molecule has 3 rings (SSSR count). The third kappa shape index (κ3) is 3.35. The predicted molar refractivity (Wildman–Crippen MR) is 97.0 cm³/mol. The van der Waals surface area contributed by atoms with E-state index in [1.165, 1.54) is 6.07 Å². The van der Waals surface area contributed by atoms with Gasteiger partial charge in [-0.05, 0) is 18.9 Å². The van der Waals surface area contributed by atoms with Crippen molar-refractivity contribution in [3.63, 3.8) is 0 Å². The van der Waals surface area contributed by atoms with Crippen LogP contribution in [0, 0.1) is 23.7 Å². The number of carboxylic acids is 1. The Morgan fingerprint density at radius 3 is 2.92 bits per heavy atom. The number of aliphatic hydroxyl groups is 2. The van der Waals surface area contributed by atoms with Crippen molar-refractivity contribution in [2.75, 3.05) is 0 Å². The molecule has 0 aromatic heterocycles. The normalized spacial score (nSPS) is 28.6. The van der Waals surface area contributed by atoms with E-state index < -0.39 is 18.2 Å². The molecule has 5 heteroatoms. The number of aromatic carboxylic acids is 1.